The highest BCUT2D eigenvalue weighted by Gasteiger charge is 2.38. The van der Waals surface area contributed by atoms with Crippen LogP contribution < -0.4 is 0 Å². The minimum atomic E-state index is -1.70. The Morgan fingerprint density at radius 2 is 1.85 bits per heavy atom. The number of hydrogen-bond donors (Lipinski definition) is 0. The van der Waals surface area contributed by atoms with Gasteiger partial charge >= 0.3 is 0 Å². The van der Waals surface area contributed by atoms with Crippen LogP contribution in [0.2, 0.25) is 18.1 Å². The Morgan fingerprint density at radius 3 is 2.25 bits per heavy atom. The first-order valence-corrected chi connectivity index (χ1v) is 10.7. The molecule has 0 radical (unpaired) electrons. The van der Waals surface area contributed by atoms with Crippen LogP contribution >= 0.6 is 0 Å². The van der Waals surface area contributed by atoms with E-state index < -0.39 is 8.32 Å². The molecule has 0 saturated carbocycles. The van der Waals surface area contributed by atoms with E-state index in [0.717, 1.165) is 25.7 Å². The van der Waals surface area contributed by atoms with Crippen LogP contribution in [-0.2, 0) is 4.43 Å². The quantitative estimate of drug-likeness (QED) is 0.313. The van der Waals surface area contributed by atoms with E-state index in [4.69, 9.17) is 10.8 Å². The molecule has 0 aromatic heterocycles. The van der Waals surface area contributed by atoms with Crippen molar-refractivity contribution in [1.29, 1.82) is 0 Å². The normalized spacial score (nSPS) is 15.5. The Labute approximate surface area is 128 Å². The zero-order chi connectivity index (χ0) is 16.0. The second kappa shape index (κ2) is 8.05. The molecule has 1 nitrogen and oxygen atoms in total. The Kier molecular flexibility index (Phi) is 7.84. The third-order valence-corrected chi connectivity index (χ3v) is 8.81. The highest BCUT2D eigenvalue weighted by Crippen LogP contribution is 2.38. The van der Waals surface area contributed by atoms with Crippen molar-refractivity contribution in [2.75, 3.05) is 0 Å². The molecular formula is C18H34OSi. The fourth-order valence-corrected chi connectivity index (χ4v) is 3.40. The highest BCUT2D eigenvalue weighted by atomic mass is 28.4. The first-order chi connectivity index (χ1) is 9.03. The molecule has 2 atom stereocenters. The lowest BCUT2D eigenvalue weighted by molar-refractivity contribution is 0.168. The van der Waals surface area contributed by atoms with Gasteiger partial charge in [0, 0.05) is 12.0 Å². The zero-order valence-electron chi connectivity index (χ0n) is 14.7. The second-order valence-corrected chi connectivity index (χ2v) is 12.3. The van der Waals surface area contributed by atoms with E-state index in [1.165, 1.54) is 5.57 Å². The maximum atomic E-state index is 6.56. The summed E-state index contributed by atoms with van der Waals surface area (Å²) in [5.41, 5.74) is 1.23. The van der Waals surface area contributed by atoms with Gasteiger partial charge in [-0.2, -0.15) is 0 Å². The maximum absolute atomic E-state index is 6.56. The van der Waals surface area contributed by atoms with Gasteiger partial charge in [0.05, 0.1) is 0 Å². The van der Waals surface area contributed by atoms with Gasteiger partial charge in [-0.1, -0.05) is 53.2 Å². The summed E-state index contributed by atoms with van der Waals surface area (Å²) in [4.78, 5) is 0. The van der Waals surface area contributed by atoms with E-state index in [1.807, 2.05) is 0 Å². The fourth-order valence-electron chi connectivity index (χ4n) is 2.02. The van der Waals surface area contributed by atoms with E-state index in [0.29, 0.717) is 6.10 Å². The summed E-state index contributed by atoms with van der Waals surface area (Å²) < 4.78 is 6.56. The van der Waals surface area contributed by atoms with Crippen LogP contribution in [0.5, 0.6) is 0 Å². The average Bonchev–Trinajstić information content (AvgIpc) is 2.26. The SMILES string of the molecule is C#C[C@H](C)CC(=C)C[C@@H](CCC)O[Si](C)(C)C(C)(C)C. The van der Waals surface area contributed by atoms with E-state index >= 15 is 0 Å². The molecule has 0 amide bonds. The fraction of sp³-hybridized carbons (Fsp3) is 0.778. The monoisotopic (exact) mass is 294 g/mol. The van der Waals surface area contributed by atoms with Gasteiger partial charge in [0.2, 0.25) is 0 Å². The van der Waals surface area contributed by atoms with E-state index in [1.54, 1.807) is 0 Å². The molecule has 0 aliphatic carbocycles. The lowest BCUT2D eigenvalue weighted by Crippen LogP contribution is -2.44. The first-order valence-electron chi connectivity index (χ1n) is 7.84. The van der Waals surface area contributed by atoms with Gasteiger partial charge in [0.25, 0.3) is 0 Å². The Balaban J connectivity index is 4.67. The van der Waals surface area contributed by atoms with Crippen LogP contribution in [0.15, 0.2) is 12.2 Å². The molecule has 0 saturated heterocycles. The van der Waals surface area contributed by atoms with Gasteiger partial charge in [-0.3, -0.25) is 0 Å². The lowest BCUT2D eigenvalue weighted by atomic mass is 9.97. The summed E-state index contributed by atoms with van der Waals surface area (Å²) in [5, 5.41) is 0.256. The second-order valence-electron chi connectivity index (χ2n) is 7.51. The first kappa shape index (κ1) is 19.5. The van der Waals surface area contributed by atoms with Crippen molar-refractivity contribution in [3.63, 3.8) is 0 Å². The summed E-state index contributed by atoms with van der Waals surface area (Å²) >= 11 is 0. The molecule has 0 heterocycles. The minimum Gasteiger partial charge on any atom is -0.414 e. The van der Waals surface area contributed by atoms with Crippen molar-refractivity contribution in [3.8, 4) is 12.3 Å². The molecule has 0 aliphatic heterocycles. The van der Waals surface area contributed by atoms with Crippen molar-refractivity contribution in [3.05, 3.63) is 12.2 Å². The minimum absolute atomic E-state index is 0.256. The van der Waals surface area contributed by atoms with Gasteiger partial charge in [-0.15, -0.1) is 12.3 Å². The smallest absolute Gasteiger partial charge is 0.192 e. The Bertz CT molecular complexity index is 343. The van der Waals surface area contributed by atoms with Crippen LogP contribution in [0, 0.1) is 18.3 Å². The maximum Gasteiger partial charge on any atom is 0.192 e. The molecule has 0 bridgehead atoms. The molecule has 116 valence electrons. The third kappa shape index (κ3) is 6.77. The predicted octanol–water partition coefficient (Wildman–Crippen LogP) is 5.78. The molecule has 0 N–H and O–H groups in total. The van der Waals surface area contributed by atoms with Gasteiger partial charge in [0.15, 0.2) is 8.32 Å². The Morgan fingerprint density at radius 1 is 1.30 bits per heavy atom. The van der Waals surface area contributed by atoms with Crippen LogP contribution in [0.4, 0.5) is 0 Å². The van der Waals surface area contributed by atoms with Gasteiger partial charge in [-0.05, 0) is 37.4 Å². The number of terminal acetylenes is 1. The highest BCUT2D eigenvalue weighted by molar-refractivity contribution is 6.74. The lowest BCUT2D eigenvalue weighted by Gasteiger charge is -2.39. The summed E-state index contributed by atoms with van der Waals surface area (Å²) in [6.07, 6.45) is 9.88. The third-order valence-electron chi connectivity index (χ3n) is 4.27. The number of rotatable bonds is 8. The summed E-state index contributed by atoms with van der Waals surface area (Å²) in [7, 11) is -1.70. The molecule has 20 heavy (non-hydrogen) atoms. The van der Waals surface area contributed by atoms with Crippen LogP contribution in [0.25, 0.3) is 0 Å². The van der Waals surface area contributed by atoms with Gasteiger partial charge < -0.3 is 4.43 Å². The topological polar surface area (TPSA) is 9.23 Å². The van der Waals surface area contributed by atoms with Gasteiger partial charge in [-0.25, -0.2) is 0 Å². The summed E-state index contributed by atoms with van der Waals surface area (Å²) in [6.45, 7) is 20.0. The van der Waals surface area contributed by atoms with Crippen LogP contribution in [0.1, 0.15) is 60.3 Å². The molecule has 0 aliphatic rings. The number of hydrogen-bond acceptors (Lipinski definition) is 1. The standard InChI is InChI=1S/C18H34OSi/c1-10-12-17(14-16(4)13-15(3)11-2)19-20(8,9)18(5,6)7/h2,15,17H,4,10,12-14H2,1,3,5-9H3/t15-,17+/m0/s1. The summed E-state index contributed by atoms with van der Waals surface area (Å²) in [6, 6.07) is 0. The Hall–Kier alpha value is -0.523. The molecule has 0 fully saturated rings. The van der Waals surface area contributed by atoms with Crippen molar-refractivity contribution in [1.82, 2.24) is 0 Å². The van der Waals surface area contributed by atoms with Crippen LogP contribution in [-0.4, -0.2) is 14.4 Å². The molecular weight excluding hydrogens is 260 g/mol. The molecule has 0 aromatic rings. The zero-order valence-corrected chi connectivity index (χ0v) is 15.7. The van der Waals surface area contributed by atoms with Crippen molar-refractivity contribution < 1.29 is 4.43 Å². The van der Waals surface area contributed by atoms with Crippen molar-refractivity contribution in [2.24, 2.45) is 5.92 Å². The van der Waals surface area contributed by atoms with Crippen molar-refractivity contribution in [2.45, 2.75) is 84.5 Å². The summed E-state index contributed by atoms with van der Waals surface area (Å²) in [5.74, 6) is 3.06. The largest absolute Gasteiger partial charge is 0.414 e. The molecule has 0 aromatic carbocycles. The van der Waals surface area contributed by atoms with E-state index in [2.05, 4.69) is 60.2 Å². The van der Waals surface area contributed by atoms with Crippen molar-refractivity contribution >= 4 is 8.32 Å². The predicted molar refractivity (Wildman–Crippen MR) is 93.3 cm³/mol. The van der Waals surface area contributed by atoms with E-state index in [-0.39, 0.29) is 11.0 Å². The van der Waals surface area contributed by atoms with Gasteiger partial charge in [0.1, 0.15) is 0 Å². The average molecular weight is 295 g/mol. The molecule has 0 spiro atoms. The van der Waals surface area contributed by atoms with Crippen LogP contribution in [0.3, 0.4) is 0 Å². The molecule has 0 rings (SSSR count). The van der Waals surface area contributed by atoms with E-state index in [9.17, 15) is 0 Å². The molecule has 2 heteroatoms. The molecule has 0 unspecified atom stereocenters.